The molecule has 0 saturated carbocycles. The van der Waals surface area contributed by atoms with Crippen LogP contribution in [0, 0.1) is 13.8 Å². The third-order valence-electron chi connectivity index (χ3n) is 2.08. The van der Waals surface area contributed by atoms with Crippen LogP contribution in [0.1, 0.15) is 23.9 Å². The first-order valence-corrected chi connectivity index (χ1v) is 3.71. The Morgan fingerprint density at radius 2 is 1.91 bits per heavy atom. The quantitative estimate of drug-likeness (QED) is 0.602. The molecular weight excluding hydrogens is 140 g/mol. The van der Waals surface area contributed by atoms with E-state index in [0.717, 1.165) is 6.42 Å². The molecule has 0 saturated heterocycles. The normalized spacial score (nSPS) is 9.45. The summed E-state index contributed by atoms with van der Waals surface area (Å²) in [7, 11) is 2.04. The number of aromatic amines is 1. The van der Waals surface area contributed by atoms with Crippen molar-refractivity contribution in [1.29, 1.82) is 0 Å². The van der Waals surface area contributed by atoms with Crippen LogP contribution in [-0.2, 0) is 13.5 Å². The Kier molecular flexibility index (Phi) is 3.26. The monoisotopic (exact) mass is 156 g/mol. The highest BCUT2D eigenvalue weighted by Crippen LogP contribution is 2.06. The lowest BCUT2D eigenvalue weighted by Crippen LogP contribution is -2.32. The van der Waals surface area contributed by atoms with Crippen LogP contribution in [0.4, 0.5) is 0 Å². The Labute approximate surface area is 67.3 Å². The molecule has 0 aliphatic rings. The van der Waals surface area contributed by atoms with E-state index in [1.54, 1.807) is 0 Å². The van der Waals surface area contributed by atoms with Crippen molar-refractivity contribution in [3.8, 4) is 0 Å². The number of nitrogens with zero attached hydrogens (tertiary/aromatic N) is 1. The minimum absolute atomic E-state index is 0. The van der Waals surface area contributed by atoms with Gasteiger partial charge in [0, 0.05) is 12.5 Å². The van der Waals surface area contributed by atoms with E-state index in [1.807, 2.05) is 7.05 Å². The van der Waals surface area contributed by atoms with Gasteiger partial charge in [0.25, 0.3) is 0 Å². The largest absolute Gasteiger partial charge is 0.870 e. The summed E-state index contributed by atoms with van der Waals surface area (Å²) in [5.41, 5.74) is 4.09. The number of rotatable bonds is 1. The van der Waals surface area contributed by atoms with Crippen LogP contribution in [0.15, 0.2) is 0 Å². The zero-order chi connectivity index (χ0) is 7.72. The highest BCUT2D eigenvalue weighted by molar-refractivity contribution is 5.19. The molecule has 0 atom stereocenters. The van der Waals surface area contributed by atoms with Gasteiger partial charge in [0.2, 0.25) is 5.69 Å². The smallest absolute Gasteiger partial charge is 0.207 e. The fourth-order valence-corrected chi connectivity index (χ4v) is 1.40. The molecule has 0 unspecified atom stereocenters. The van der Waals surface area contributed by atoms with Gasteiger partial charge in [-0.05, 0) is 13.3 Å². The first-order valence-electron chi connectivity index (χ1n) is 3.71. The van der Waals surface area contributed by atoms with E-state index >= 15 is 0 Å². The van der Waals surface area contributed by atoms with Crippen LogP contribution >= 0.6 is 0 Å². The summed E-state index contributed by atoms with van der Waals surface area (Å²) < 4.78 is 2.06. The van der Waals surface area contributed by atoms with Gasteiger partial charge < -0.3 is 5.48 Å². The van der Waals surface area contributed by atoms with Crippen LogP contribution in [0.2, 0.25) is 0 Å². The number of H-pyrrole nitrogens is 1. The van der Waals surface area contributed by atoms with E-state index in [1.165, 1.54) is 17.0 Å². The molecule has 2 N–H and O–H groups in total. The van der Waals surface area contributed by atoms with Crippen LogP contribution in [0.5, 0.6) is 0 Å². The summed E-state index contributed by atoms with van der Waals surface area (Å²) in [4.78, 5) is 0. The molecule has 0 spiro atoms. The lowest BCUT2D eigenvalue weighted by atomic mass is 10.1. The first kappa shape index (κ1) is 10.2. The van der Waals surface area contributed by atoms with Gasteiger partial charge in [-0.25, -0.2) is 0 Å². The van der Waals surface area contributed by atoms with Crippen LogP contribution in [-0.4, -0.2) is 10.6 Å². The predicted molar refractivity (Wildman–Crippen MR) is 42.8 cm³/mol. The molecule has 3 heteroatoms. The minimum atomic E-state index is 0. The van der Waals surface area contributed by atoms with E-state index in [2.05, 4.69) is 30.6 Å². The van der Waals surface area contributed by atoms with E-state index in [4.69, 9.17) is 0 Å². The number of hydrogen-bond donors (Lipinski definition) is 1. The van der Waals surface area contributed by atoms with E-state index in [9.17, 15) is 0 Å². The number of nitrogens with one attached hydrogen (secondary N) is 1. The Hall–Kier alpha value is -0.830. The molecule has 11 heavy (non-hydrogen) atoms. The van der Waals surface area contributed by atoms with Gasteiger partial charge in [0.1, 0.15) is 0 Å². The lowest BCUT2D eigenvalue weighted by molar-refractivity contribution is -0.732. The molecule has 0 amide bonds. The predicted octanol–water partition coefficient (Wildman–Crippen LogP) is 0.842. The zero-order valence-electron chi connectivity index (χ0n) is 7.60. The summed E-state index contributed by atoms with van der Waals surface area (Å²) in [5, 5.41) is 3.24. The van der Waals surface area contributed by atoms with Gasteiger partial charge in [0.15, 0.2) is 7.05 Å². The maximum atomic E-state index is 3.24. The summed E-state index contributed by atoms with van der Waals surface area (Å²) in [5.74, 6) is 0. The van der Waals surface area contributed by atoms with Crippen molar-refractivity contribution in [2.45, 2.75) is 27.2 Å². The Balaban J connectivity index is 0.000001000. The summed E-state index contributed by atoms with van der Waals surface area (Å²) >= 11 is 0. The van der Waals surface area contributed by atoms with Gasteiger partial charge in [-0.1, -0.05) is 6.92 Å². The summed E-state index contributed by atoms with van der Waals surface area (Å²) in [6.07, 6.45) is 1.12. The van der Waals surface area contributed by atoms with Gasteiger partial charge in [0.05, 0.1) is 5.69 Å². The highest BCUT2D eigenvalue weighted by atomic mass is 16.0. The molecule has 0 aliphatic carbocycles. The van der Waals surface area contributed by atoms with Crippen molar-refractivity contribution in [3.05, 3.63) is 17.0 Å². The van der Waals surface area contributed by atoms with Crippen molar-refractivity contribution in [2.24, 2.45) is 7.05 Å². The second-order valence-electron chi connectivity index (χ2n) is 2.71. The van der Waals surface area contributed by atoms with Gasteiger partial charge in [-0.3, -0.25) is 0 Å². The Morgan fingerprint density at radius 3 is 2.09 bits per heavy atom. The maximum Gasteiger partial charge on any atom is 0.207 e. The van der Waals surface area contributed by atoms with E-state index in [0.29, 0.717) is 0 Å². The molecule has 1 aromatic heterocycles. The third-order valence-corrected chi connectivity index (χ3v) is 2.08. The van der Waals surface area contributed by atoms with Crippen molar-refractivity contribution in [3.63, 3.8) is 0 Å². The molecule has 64 valence electrons. The molecule has 0 radical (unpaired) electrons. The fourth-order valence-electron chi connectivity index (χ4n) is 1.40. The Morgan fingerprint density at radius 1 is 1.36 bits per heavy atom. The Bertz CT molecular complexity index is 240. The number of aryl methyl sites for hydroxylation is 2. The second-order valence-corrected chi connectivity index (χ2v) is 2.71. The topological polar surface area (TPSA) is 49.7 Å². The molecule has 1 aromatic rings. The first-order chi connectivity index (χ1) is 4.66. The SMILES string of the molecule is CCc1c(C)[nH][n+](C)c1C.[OH-]. The van der Waals surface area contributed by atoms with E-state index in [-0.39, 0.29) is 5.48 Å². The summed E-state index contributed by atoms with van der Waals surface area (Å²) in [6.45, 7) is 6.44. The van der Waals surface area contributed by atoms with Crippen LogP contribution in [0.3, 0.4) is 0 Å². The van der Waals surface area contributed by atoms with Crippen molar-refractivity contribution in [2.75, 3.05) is 0 Å². The average Bonchev–Trinajstić information content (AvgIpc) is 2.09. The van der Waals surface area contributed by atoms with Crippen molar-refractivity contribution >= 4 is 0 Å². The van der Waals surface area contributed by atoms with Gasteiger partial charge in [-0.15, -0.1) is 4.68 Å². The van der Waals surface area contributed by atoms with Crippen LogP contribution < -0.4 is 4.68 Å². The maximum absolute atomic E-state index is 3.24. The third kappa shape index (κ3) is 1.60. The minimum Gasteiger partial charge on any atom is -0.870 e. The fraction of sp³-hybridized carbons (Fsp3) is 0.625. The second kappa shape index (κ2) is 3.53. The van der Waals surface area contributed by atoms with E-state index < -0.39 is 0 Å². The molecular formula is C8H16N2O. The van der Waals surface area contributed by atoms with Crippen LogP contribution in [0.25, 0.3) is 0 Å². The molecule has 0 bridgehead atoms. The standard InChI is InChI=1S/C8H14N2.H2O/c1-5-8-6(2)9-10(4)7(8)3;/h5H2,1-4H3;1H2. The van der Waals surface area contributed by atoms with Gasteiger partial charge in [-0.2, -0.15) is 5.10 Å². The van der Waals surface area contributed by atoms with Crippen molar-refractivity contribution < 1.29 is 10.2 Å². The number of aromatic nitrogens is 2. The number of hydrogen-bond acceptors (Lipinski definition) is 1. The zero-order valence-corrected chi connectivity index (χ0v) is 7.60. The highest BCUT2D eigenvalue weighted by Gasteiger charge is 2.12. The molecule has 0 fully saturated rings. The molecule has 1 rings (SSSR count). The molecule has 3 nitrogen and oxygen atoms in total. The lowest BCUT2D eigenvalue weighted by Gasteiger charge is -1.87. The van der Waals surface area contributed by atoms with Gasteiger partial charge >= 0.3 is 0 Å². The summed E-state index contributed by atoms with van der Waals surface area (Å²) in [6, 6.07) is 0. The van der Waals surface area contributed by atoms with Crippen molar-refractivity contribution in [1.82, 2.24) is 5.10 Å². The molecule has 1 heterocycles. The molecule has 0 aromatic carbocycles. The molecule has 0 aliphatic heterocycles. The average molecular weight is 156 g/mol.